The Hall–Kier alpha value is -3.35. The lowest BCUT2D eigenvalue weighted by Gasteiger charge is -2.24. The number of halogens is 2. The molecule has 12 heteroatoms. The van der Waals surface area contributed by atoms with Crippen molar-refractivity contribution >= 4 is 31.8 Å². The van der Waals surface area contributed by atoms with Gasteiger partial charge in [0.2, 0.25) is 15.9 Å². The summed E-state index contributed by atoms with van der Waals surface area (Å²) in [5, 5.41) is 6.56. The number of nitrogens with one attached hydrogen (secondary N) is 1. The molecular formula is C23H23BrFN5O4S. The van der Waals surface area contributed by atoms with E-state index in [2.05, 4.69) is 26.1 Å². The zero-order valence-electron chi connectivity index (χ0n) is 18.9. The van der Waals surface area contributed by atoms with E-state index >= 15 is 4.39 Å². The van der Waals surface area contributed by atoms with Crippen molar-refractivity contribution in [2.24, 2.45) is 16.1 Å². The maximum Gasteiger partial charge on any atom is 0.247 e. The fraction of sp³-hybridized carbons (Fsp3) is 0.174. The Morgan fingerprint density at radius 2 is 1.46 bits per heavy atom. The Morgan fingerprint density at radius 1 is 0.971 bits per heavy atom. The van der Waals surface area contributed by atoms with Gasteiger partial charge in [-0.15, -0.1) is 5.11 Å². The van der Waals surface area contributed by atoms with E-state index in [0.717, 1.165) is 10.4 Å². The molecule has 0 heterocycles. The van der Waals surface area contributed by atoms with Crippen molar-refractivity contribution in [2.75, 3.05) is 14.2 Å². The number of benzene rings is 3. The summed E-state index contributed by atoms with van der Waals surface area (Å²) < 4.78 is 54.6. The van der Waals surface area contributed by atoms with Gasteiger partial charge in [-0.1, -0.05) is 24.3 Å². The number of rotatable bonds is 9. The number of hydrazone groups is 1. The third kappa shape index (κ3) is 5.84. The van der Waals surface area contributed by atoms with Crippen LogP contribution in [0.2, 0.25) is 0 Å². The third-order valence-corrected chi connectivity index (χ3v) is 7.66. The van der Waals surface area contributed by atoms with Crippen LogP contribution in [0.1, 0.15) is 16.7 Å². The third-order valence-electron chi connectivity index (χ3n) is 5.14. The van der Waals surface area contributed by atoms with Gasteiger partial charge in [-0.05, 0) is 63.5 Å². The first-order valence-electron chi connectivity index (χ1n) is 10.1. The Balaban J connectivity index is 2.15. The van der Waals surface area contributed by atoms with E-state index in [4.69, 9.17) is 20.8 Å². The number of amidine groups is 1. The van der Waals surface area contributed by atoms with E-state index in [1.165, 1.54) is 20.3 Å². The van der Waals surface area contributed by atoms with Gasteiger partial charge in [0.05, 0.1) is 19.8 Å². The minimum absolute atomic E-state index is 0.0726. The number of nitrogens with two attached hydrogens (primary N) is 1. The summed E-state index contributed by atoms with van der Waals surface area (Å²) in [6, 6.07) is 16.0. The van der Waals surface area contributed by atoms with Crippen molar-refractivity contribution in [2.45, 2.75) is 18.0 Å². The van der Waals surface area contributed by atoms with E-state index in [1.54, 1.807) is 48.5 Å². The second-order valence-corrected chi connectivity index (χ2v) is 10.00. The molecule has 0 aliphatic rings. The Kier molecular flexibility index (Phi) is 8.54. The van der Waals surface area contributed by atoms with E-state index in [-0.39, 0.29) is 23.1 Å². The Bertz CT molecular complexity index is 1280. The first kappa shape index (κ1) is 26.3. The maximum atomic E-state index is 15.1. The van der Waals surface area contributed by atoms with Crippen LogP contribution >= 0.6 is 15.9 Å². The molecule has 0 amide bonds. The van der Waals surface area contributed by atoms with Crippen molar-refractivity contribution in [3.05, 3.63) is 87.6 Å². The molecule has 0 aliphatic heterocycles. The van der Waals surface area contributed by atoms with Gasteiger partial charge in [-0.3, -0.25) is 0 Å². The minimum Gasteiger partial charge on any atom is -0.497 e. The summed E-state index contributed by atoms with van der Waals surface area (Å²) in [7, 11) is -1.43. The highest BCUT2D eigenvalue weighted by Crippen LogP contribution is 2.32. The highest BCUT2D eigenvalue weighted by atomic mass is 79.9. The molecule has 0 unspecified atom stereocenters. The van der Waals surface area contributed by atoms with Crippen molar-refractivity contribution in [3.63, 3.8) is 0 Å². The standard InChI is InChI=1S/C23H23BrFN5O4S/c1-33-17-7-3-15(4-8-17)13-30(14-16-5-9-18(34-2)10-6-16)35(31,32)22-20(25)12-11-19(24)21(22)23(28-26)29-27/h3-12,26H,13-14,27H2,1-2H3. The van der Waals surface area contributed by atoms with Crippen molar-refractivity contribution in [1.82, 2.24) is 4.31 Å². The largest absolute Gasteiger partial charge is 0.497 e. The van der Waals surface area contributed by atoms with Gasteiger partial charge >= 0.3 is 0 Å². The molecule has 0 saturated heterocycles. The zero-order chi connectivity index (χ0) is 25.6. The molecule has 3 aromatic carbocycles. The molecule has 3 N–H and O–H groups in total. The number of nitrogens with zero attached hydrogens (tertiary/aromatic N) is 3. The smallest absolute Gasteiger partial charge is 0.247 e. The molecule has 0 atom stereocenters. The number of ether oxygens (including phenoxy) is 2. The quantitative estimate of drug-likeness (QED) is 0.129. The van der Waals surface area contributed by atoms with Gasteiger partial charge in [0.25, 0.3) is 0 Å². The summed E-state index contributed by atoms with van der Waals surface area (Å²) in [5.41, 5.74) is 8.41. The van der Waals surface area contributed by atoms with Crippen LogP contribution in [-0.2, 0) is 23.1 Å². The highest BCUT2D eigenvalue weighted by molar-refractivity contribution is 9.10. The van der Waals surface area contributed by atoms with Gasteiger partial charge in [-0.25, -0.2) is 18.3 Å². The molecule has 0 saturated carbocycles. The Labute approximate surface area is 211 Å². The number of sulfonamides is 1. The van der Waals surface area contributed by atoms with Crippen molar-refractivity contribution in [1.29, 1.82) is 5.53 Å². The molecule has 3 aromatic rings. The summed E-state index contributed by atoms with van der Waals surface area (Å²) in [4.78, 5) is -0.686. The summed E-state index contributed by atoms with van der Waals surface area (Å²) in [6.07, 6.45) is 0. The van der Waals surface area contributed by atoms with Gasteiger partial charge in [0, 0.05) is 17.6 Å². The molecule has 184 valence electrons. The molecule has 35 heavy (non-hydrogen) atoms. The number of hydrogen-bond donors (Lipinski definition) is 2. The molecule has 9 nitrogen and oxygen atoms in total. The average Bonchev–Trinajstić information content (AvgIpc) is 2.87. The predicted molar refractivity (Wildman–Crippen MR) is 132 cm³/mol. The Morgan fingerprint density at radius 3 is 1.86 bits per heavy atom. The lowest BCUT2D eigenvalue weighted by molar-refractivity contribution is 0.394. The maximum absolute atomic E-state index is 15.1. The van der Waals surface area contributed by atoms with Crippen molar-refractivity contribution < 1.29 is 22.3 Å². The van der Waals surface area contributed by atoms with Crippen LogP contribution in [0.5, 0.6) is 11.5 Å². The first-order chi connectivity index (χ1) is 16.7. The normalized spacial score (nSPS) is 12.0. The molecule has 0 radical (unpaired) electrons. The SMILES string of the molecule is COc1ccc(CN(Cc2ccc(OC)cc2)S(=O)(=O)c2c(F)ccc(Br)c2C(N=N)=NN)cc1. The lowest BCUT2D eigenvalue weighted by Crippen LogP contribution is -2.32. The fourth-order valence-corrected chi connectivity index (χ4v) is 5.68. The van der Waals surface area contributed by atoms with Crippen LogP contribution < -0.4 is 15.3 Å². The fourth-order valence-electron chi connectivity index (χ4n) is 3.37. The molecule has 0 aromatic heterocycles. The minimum atomic E-state index is -4.49. The van der Waals surface area contributed by atoms with Crippen LogP contribution in [0, 0.1) is 11.3 Å². The van der Waals surface area contributed by atoms with Gasteiger partial charge in [0.15, 0.2) is 0 Å². The number of hydrogen-bond acceptors (Lipinski definition) is 7. The van der Waals surface area contributed by atoms with Crippen LogP contribution in [0.3, 0.4) is 0 Å². The molecule has 3 rings (SSSR count). The summed E-state index contributed by atoms with van der Waals surface area (Å²) in [6.45, 7) is -0.145. The monoisotopic (exact) mass is 563 g/mol. The van der Waals surface area contributed by atoms with Gasteiger partial charge < -0.3 is 15.3 Å². The van der Waals surface area contributed by atoms with Gasteiger partial charge in [0.1, 0.15) is 22.2 Å². The molecule has 0 bridgehead atoms. The zero-order valence-corrected chi connectivity index (χ0v) is 21.3. The van der Waals surface area contributed by atoms with Crippen LogP contribution in [0.15, 0.2) is 80.2 Å². The van der Waals surface area contributed by atoms with E-state index in [1.807, 2.05) is 0 Å². The molecular weight excluding hydrogens is 541 g/mol. The lowest BCUT2D eigenvalue weighted by atomic mass is 10.2. The first-order valence-corrected chi connectivity index (χ1v) is 12.4. The highest BCUT2D eigenvalue weighted by Gasteiger charge is 2.33. The van der Waals surface area contributed by atoms with Crippen LogP contribution in [0.4, 0.5) is 4.39 Å². The summed E-state index contributed by atoms with van der Waals surface area (Å²) in [5.74, 6) is 5.08. The molecule has 0 spiro atoms. The second-order valence-electron chi connectivity index (χ2n) is 7.27. The van der Waals surface area contributed by atoms with E-state index in [9.17, 15) is 8.42 Å². The van der Waals surface area contributed by atoms with E-state index < -0.39 is 26.6 Å². The summed E-state index contributed by atoms with van der Waals surface area (Å²) >= 11 is 3.21. The van der Waals surface area contributed by atoms with E-state index in [0.29, 0.717) is 22.6 Å². The topological polar surface area (TPSA) is 130 Å². The molecule has 0 fully saturated rings. The molecule has 0 aliphatic carbocycles. The average molecular weight is 564 g/mol. The predicted octanol–water partition coefficient (Wildman–Crippen LogP) is 4.65. The van der Waals surface area contributed by atoms with Crippen LogP contribution in [0.25, 0.3) is 0 Å². The van der Waals surface area contributed by atoms with Crippen molar-refractivity contribution in [3.8, 4) is 11.5 Å². The van der Waals surface area contributed by atoms with Gasteiger partial charge in [-0.2, -0.15) is 9.41 Å². The van der Waals surface area contributed by atoms with Crippen LogP contribution in [-0.4, -0.2) is 32.8 Å². The second kappa shape index (κ2) is 11.4. The number of methoxy groups -OCH3 is 2.